The summed E-state index contributed by atoms with van der Waals surface area (Å²) in [4.78, 5) is 12.2. The van der Waals surface area contributed by atoms with E-state index in [9.17, 15) is 17.6 Å². The molecule has 0 heterocycles. The number of carbonyl (C=O) groups excluding carboxylic acids is 1. The van der Waals surface area contributed by atoms with Gasteiger partial charge in [-0.05, 0) is 54.2 Å². The van der Waals surface area contributed by atoms with E-state index in [0.717, 1.165) is 5.56 Å². The molecule has 3 aromatic carbocycles. The summed E-state index contributed by atoms with van der Waals surface area (Å²) in [6.07, 6.45) is 0. The molecular formula is C22H20FN3O3S2. The molecule has 0 saturated heterocycles. The Kier molecular flexibility index (Phi) is 7.11. The van der Waals surface area contributed by atoms with Crippen LogP contribution in [-0.4, -0.2) is 30.8 Å². The third kappa shape index (κ3) is 5.72. The minimum atomic E-state index is -3.68. The molecule has 6 nitrogen and oxygen atoms in total. The second kappa shape index (κ2) is 9.78. The van der Waals surface area contributed by atoms with Crippen LogP contribution in [0.25, 0.3) is 0 Å². The van der Waals surface area contributed by atoms with Gasteiger partial charge in [0.05, 0.1) is 10.5 Å². The molecule has 3 rings (SSSR count). The SMILES string of the molecule is CN(Cc1ccccc1)S(=O)(=O)c1ccc(NC(=S)NC(=O)c2ccccc2F)cc1. The number of rotatable bonds is 6. The highest BCUT2D eigenvalue weighted by molar-refractivity contribution is 7.89. The van der Waals surface area contributed by atoms with Crippen LogP contribution in [0.3, 0.4) is 0 Å². The summed E-state index contributed by atoms with van der Waals surface area (Å²) in [5, 5.41) is 5.13. The molecule has 0 spiro atoms. The molecule has 0 aromatic heterocycles. The van der Waals surface area contributed by atoms with Gasteiger partial charge in [-0.25, -0.2) is 12.8 Å². The summed E-state index contributed by atoms with van der Waals surface area (Å²) in [5.74, 6) is -1.34. The number of sulfonamides is 1. The van der Waals surface area contributed by atoms with Crippen LogP contribution >= 0.6 is 12.2 Å². The van der Waals surface area contributed by atoms with Gasteiger partial charge in [0, 0.05) is 19.3 Å². The first-order valence-electron chi connectivity index (χ1n) is 9.24. The van der Waals surface area contributed by atoms with Crippen molar-refractivity contribution >= 4 is 38.9 Å². The van der Waals surface area contributed by atoms with Gasteiger partial charge in [-0.3, -0.25) is 10.1 Å². The second-order valence-corrected chi connectivity index (χ2v) is 9.11. The van der Waals surface area contributed by atoms with E-state index in [-0.39, 0.29) is 22.1 Å². The molecule has 9 heteroatoms. The van der Waals surface area contributed by atoms with Crippen molar-refractivity contribution < 1.29 is 17.6 Å². The van der Waals surface area contributed by atoms with Gasteiger partial charge in [-0.2, -0.15) is 4.31 Å². The summed E-state index contributed by atoms with van der Waals surface area (Å²) >= 11 is 5.08. The summed E-state index contributed by atoms with van der Waals surface area (Å²) in [6, 6.07) is 20.8. The Morgan fingerprint density at radius 2 is 1.58 bits per heavy atom. The summed E-state index contributed by atoms with van der Waals surface area (Å²) in [5.41, 5.74) is 1.22. The van der Waals surface area contributed by atoms with Gasteiger partial charge >= 0.3 is 0 Å². The number of amides is 1. The molecule has 0 bridgehead atoms. The Morgan fingerprint density at radius 1 is 0.968 bits per heavy atom. The van der Waals surface area contributed by atoms with Gasteiger partial charge in [-0.15, -0.1) is 0 Å². The number of nitrogens with zero attached hydrogens (tertiary/aromatic N) is 1. The van der Waals surface area contributed by atoms with E-state index >= 15 is 0 Å². The molecule has 0 atom stereocenters. The van der Waals surface area contributed by atoms with E-state index in [1.165, 1.54) is 53.8 Å². The van der Waals surface area contributed by atoms with E-state index in [2.05, 4.69) is 10.6 Å². The van der Waals surface area contributed by atoms with Crippen LogP contribution in [0.4, 0.5) is 10.1 Å². The van der Waals surface area contributed by atoms with Gasteiger partial charge < -0.3 is 5.32 Å². The predicted octanol–water partition coefficient (Wildman–Crippen LogP) is 3.77. The first-order valence-corrected chi connectivity index (χ1v) is 11.1. The van der Waals surface area contributed by atoms with E-state index in [1.807, 2.05) is 30.3 Å². The number of halogens is 1. The van der Waals surface area contributed by atoms with Crippen molar-refractivity contribution in [2.75, 3.05) is 12.4 Å². The van der Waals surface area contributed by atoms with Crippen LogP contribution in [-0.2, 0) is 16.6 Å². The number of anilines is 1. The lowest BCUT2D eigenvalue weighted by Gasteiger charge is -2.17. The number of thiocarbonyl (C=S) groups is 1. The zero-order valence-corrected chi connectivity index (χ0v) is 18.2. The maximum Gasteiger partial charge on any atom is 0.260 e. The van der Waals surface area contributed by atoms with E-state index in [1.54, 1.807) is 6.07 Å². The van der Waals surface area contributed by atoms with E-state index in [4.69, 9.17) is 12.2 Å². The number of nitrogens with one attached hydrogen (secondary N) is 2. The summed E-state index contributed by atoms with van der Waals surface area (Å²) in [6.45, 7) is 0.245. The molecule has 3 aromatic rings. The van der Waals surface area contributed by atoms with Gasteiger partial charge in [0.15, 0.2) is 5.11 Å². The number of carbonyl (C=O) groups is 1. The lowest BCUT2D eigenvalue weighted by molar-refractivity contribution is 0.0974. The largest absolute Gasteiger partial charge is 0.332 e. The second-order valence-electron chi connectivity index (χ2n) is 6.66. The highest BCUT2D eigenvalue weighted by atomic mass is 32.2. The third-order valence-corrected chi connectivity index (χ3v) is 6.44. The van der Waals surface area contributed by atoms with E-state index < -0.39 is 21.7 Å². The van der Waals surface area contributed by atoms with Crippen molar-refractivity contribution in [1.82, 2.24) is 9.62 Å². The molecule has 0 aliphatic carbocycles. The average Bonchev–Trinajstić information content (AvgIpc) is 2.75. The van der Waals surface area contributed by atoms with Gasteiger partial charge in [0.1, 0.15) is 5.82 Å². The summed E-state index contributed by atoms with van der Waals surface area (Å²) in [7, 11) is -2.17. The van der Waals surface area contributed by atoms with Crippen molar-refractivity contribution in [3.63, 3.8) is 0 Å². The molecule has 1 amide bonds. The zero-order valence-electron chi connectivity index (χ0n) is 16.6. The molecule has 160 valence electrons. The normalized spacial score (nSPS) is 11.2. The van der Waals surface area contributed by atoms with Crippen LogP contribution in [0.1, 0.15) is 15.9 Å². The molecule has 0 aliphatic heterocycles. The van der Waals surface area contributed by atoms with Gasteiger partial charge in [-0.1, -0.05) is 42.5 Å². The maximum absolute atomic E-state index is 13.7. The maximum atomic E-state index is 13.7. The summed E-state index contributed by atoms with van der Waals surface area (Å²) < 4.78 is 40.5. The van der Waals surface area contributed by atoms with Crippen LogP contribution in [0.5, 0.6) is 0 Å². The Morgan fingerprint density at radius 3 is 2.23 bits per heavy atom. The van der Waals surface area contributed by atoms with Crippen molar-refractivity contribution in [3.05, 3.63) is 95.8 Å². The first kappa shape index (κ1) is 22.5. The van der Waals surface area contributed by atoms with Crippen LogP contribution in [0.2, 0.25) is 0 Å². The number of hydrogen-bond acceptors (Lipinski definition) is 4. The highest BCUT2D eigenvalue weighted by Gasteiger charge is 2.21. The quantitative estimate of drug-likeness (QED) is 0.551. The molecule has 2 N–H and O–H groups in total. The van der Waals surface area contributed by atoms with Crippen molar-refractivity contribution in [2.45, 2.75) is 11.4 Å². The lowest BCUT2D eigenvalue weighted by Crippen LogP contribution is -2.34. The smallest absolute Gasteiger partial charge is 0.260 e. The molecular weight excluding hydrogens is 437 g/mol. The van der Waals surface area contributed by atoms with Crippen LogP contribution < -0.4 is 10.6 Å². The molecule has 0 fully saturated rings. The first-order chi connectivity index (χ1) is 14.8. The molecule has 0 aliphatic rings. The number of benzene rings is 3. The molecule has 31 heavy (non-hydrogen) atoms. The fraction of sp³-hybridized carbons (Fsp3) is 0.0909. The molecule has 0 saturated carbocycles. The molecule has 0 radical (unpaired) electrons. The van der Waals surface area contributed by atoms with Crippen molar-refractivity contribution in [1.29, 1.82) is 0 Å². The predicted molar refractivity (Wildman–Crippen MR) is 122 cm³/mol. The van der Waals surface area contributed by atoms with Crippen LogP contribution in [0.15, 0.2) is 83.8 Å². The fourth-order valence-electron chi connectivity index (χ4n) is 2.79. The average molecular weight is 458 g/mol. The number of hydrogen-bond donors (Lipinski definition) is 2. The minimum Gasteiger partial charge on any atom is -0.332 e. The Labute approximate surface area is 185 Å². The molecule has 0 unspecified atom stereocenters. The van der Waals surface area contributed by atoms with Crippen molar-refractivity contribution in [3.8, 4) is 0 Å². The Hall–Kier alpha value is -3.14. The van der Waals surface area contributed by atoms with Crippen molar-refractivity contribution in [2.24, 2.45) is 0 Å². The van der Waals surface area contributed by atoms with Crippen LogP contribution in [0, 0.1) is 5.82 Å². The monoisotopic (exact) mass is 457 g/mol. The third-order valence-electron chi connectivity index (χ3n) is 4.41. The minimum absolute atomic E-state index is 0.0370. The highest BCUT2D eigenvalue weighted by Crippen LogP contribution is 2.19. The Bertz CT molecular complexity index is 1180. The Balaban J connectivity index is 1.63. The van der Waals surface area contributed by atoms with E-state index in [0.29, 0.717) is 5.69 Å². The zero-order chi connectivity index (χ0) is 22.4. The van der Waals surface area contributed by atoms with Gasteiger partial charge in [0.2, 0.25) is 10.0 Å². The lowest BCUT2D eigenvalue weighted by atomic mass is 10.2. The standard InChI is InChI=1S/C22H20FN3O3S2/c1-26(15-16-7-3-2-4-8-16)31(28,29)18-13-11-17(12-14-18)24-22(30)25-21(27)19-9-5-6-10-20(19)23/h2-14H,15H2,1H3,(H2,24,25,27,30). The fourth-order valence-corrected chi connectivity index (χ4v) is 4.16. The van der Waals surface area contributed by atoms with Gasteiger partial charge in [0.25, 0.3) is 5.91 Å². The topological polar surface area (TPSA) is 78.5 Å².